The van der Waals surface area contributed by atoms with E-state index >= 15 is 0 Å². The second-order valence-electron chi connectivity index (χ2n) is 6.74. The summed E-state index contributed by atoms with van der Waals surface area (Å²) in [7, 11) is 0. The normalized spacial score (nSPS) is 11.1. The zero-order valence-electron chi connectivity index (χ0n) is 15.8. The van der Waals surface area contributed by atoms with Crippen molar-refractivity contribution >= 4 is 16.3 Å². The minimum absolute atomic E-state index is 0.535. The minimum atomic E-state index is 0.535. The fraction of sp³-hybridized carbons (Fsp3) is 0.0870. The van der Waals surface area contributed by atoms with E-state index < -0.39 is 0 Å². The van der Waals surface area contributed by atoms with Gasteiger partial charge in [0.15, 0.2) is 5.82 Å². The summed E-state index contributed by atoms with van der Waals surface area (Å²) in [4.78, 5) is 0.772. The smallest absolute Gasteiger partial charge is 0.235 e. The van der Waals surface area contributed by atoms with E-state index in [0.29, 0.717) is 6.61 Å². The molecule has 6 heteroatoms. The van der Waals surface area contributed by atoms with Crippen LogP contribution >= 0.6 is 11.3 Å². The van der Waals surface area contributed by atoms with Crippen molar-refractivity contribution in [2.45, 2.75) is 13.5 Å². The Labute approximate surface area is 172 Å². The summed E-state index contributed by atoms with van der Waals surface area (Å²) < 4.78 is 7.78. The van der Waals surface area contributed by atoms with Gasteiger partial charge in [0.2, 0.25) is 4.96 Å². The van der Waals surface area contributed by atoms with Crippen LogP contribution in [0.25, 0.3) is 26.9 Å². The maximum absolute atomic E-state index is 5.96. The molecule has 2 heterocycles. The number of benzene rings is 3. The highest BCUT2D eigenvalue weighted by Gasteiger charge is 2.16. The molecule has 0 fully saturated rings. The van der Waals surface area contributed by atoms with Crippen molar-refractivity contribution in [1.29, 1.82) is 0 Å². The number of aryl methyl sites for hydroxylation is 1. The van der Waals surface area contributed by atoms with Crippen LogP contribution in [-0.2, 0) is 6.61 Å². The van der Waals surface area contributed by atoms with Gasteiger partial charge in [-0.05, 0) is 30.2 Å². The quantitative estimate of drug-likeness (QED) is 0.397. The molecular weight excluding hydrogens is 380 g/mol. The largest absolute Gasteiger partial charge is 0.489 e. The molecule has 0 N–H and O–H groups in total. The molecule has 29 heavy (non-hydrogen) atoms. The van der Waals surface area contributed by atoms with E-state index in [2.05, 4.69) is 35.3 Å². The molecule has 2 aromatic heterocycles. The van der Waals surface area contributed by atoms with Crippen LogP contribution in [0.5, 0.6) is 5.75 Å². The Morgan fingerprint density at radius 2 is 1.72 bits per heavy atom. The van der Waals surface area contributed by atoms with Gasteiger partial charge >= 0.3 is 0 Å². The second kappa shape index (κ2) is 7.48. The average Bonchev–Trinajstić information content (AvgIpc) is 3.35. The number of ether oxygens (including phenoxy) is 1. The summed E-state index contributed by atoms with van der Waals surface area (Å²) in [6.45, 7) is 2.60. The highest BCUT2D eigenvalue weighted by molar-refractivity contribution is 7.19. The van der Waals surface area contributed by atoms with Gasteiger partial charge in [0.25, 0.3) is 0 Å². The number of rotatable bonds is 5. The molecular formula is C23H18N4OS. The topological polar surface area (TPSA) is 52.3 Å². The molecule has 5 nitrogen and oxygen atoms in total. The SMILES string of the molecule is Cc1ccccc1-c1nnc2sc(-c3cccc(OCc4ccccc4)c3)nn12. The molecule has 3 aromatic carbocycles. The number of aromatic nitrogens is 4. The maximum Gasteiger partial charge on any atom is 0.235 e. The molecule has 0 bridgehead atoms. The van der Waals surface area contributed by atoms with E-state index in [9.17, 15) is 0 Å². The van der Waals surface area contributed by atoms with Crippen molar-refractivity contribution in [3.05, 3.63) is 90.0 Å². The predicted octanol–water partition coefficient (Wildman–Crippen LogP) is 5.41. The van der Waals surface area contributed by atoms with Gasteiger partial charge in [-0.25, -0.2) is 0 Å². The molecule has 0 aliphatic heterocycles. The Balaban J connectivity index is 1.45. The summed E-state index contributed by atoms with van der Waals surface area (Å²) >= 11 is 1.52. The fourth-order valence-electron chi connectivity index (χ4n) is 3.19. The third kappa shape index (κ3) is 3.50. The van der Waals surface area contributed by atoms with Crippen LogP contribution in [0, 0.1) is 6.92 Å². The van der Waals surface area contributed by atoms with Gasteiger partial charge < -0.3 is 4.74 Å². The number of hydrogen-bond donors (Lipinski definition) is 0. The van der Waals surface area contributed by atoms with Crippen molar-refractivity contribution in [2.75, 3.05) is 0 Å². The Kier molecular flexibility index (Phi) is 4.54. The minimum Gasteiger partial charge on any atom is -0.489 e. The Hall–Kier alpha value is -3.51. The molecule has 5 rings (SSSR count). The molecule has 142 valence electrons. The van der Waals surface area contributed by atoms with E-state index in [-0.39, 0.29) is 0 Å². The lowest BCUT2D eigenvalue weighted by Crippen LogP contribution is -1.95. The van der Waals surface area contributed by atoms with Crippen molar-refractivity contribution < 1.29 is 4.74 Å². The summed E-state index contributed by atoms with van der Waals surface area (Å²) in [5, 5.41) is 14.3. The highest BCUT2D eigenvalue weighted by Crippen LogP contribution is 2.30. The Morgan fingerprint density at radius 3 is 2.59 bits per heavy atom. The predicted molar refractivity (Wildman–Crippen MR) is 115 cm³/mol. The Morgan fingerprint density at radius 1 is 0.897 bits per heavy atom. The van der Waals surface area contributed by atoms with Crippen LogP contribution in [0.2, 0.25) is 0 Å². The summed E-state index contributed by atoms with van der Waals surface area (Å²) in [5.41, 5.74) is 4.32. The average molecular weight is 398 g/mol. The lowest BCUT2D eigenvalue weighted by atomic mass is 10.1. The van der Waals surface area contributed by atoms with E-state index in [0.717, 1.165) is 43.8 Å². The first-order valence-electron chi connectivity index (χ1n) is 9.33. The number of hydrogen-bond acceptors (Lipinski definition) is 5. The van der Waals surface area contributed by atoms with Crippen LogP contribution in [0.1, 0.15) is 11.1 Å². The van der Waals surface area contributed by atoms with Gasteiger partial charge in [0, 0.05) is 11.1 Å². The molecule has 0 aliphatic rings. The second-order valence-corrected chi connectivity index (χ2v) is 7.70. The molecule has 5 aromatic rings. The van der Waals surface area contributed by atoms with Gasteiger partial charge in [-0.1, -0.05) is 78.1 Å². The lowest BCUT2D eigenvalue weighted by Gasteiger charge is -2.07. The molecule has 0 atom stereocenters. The van der Waals surface area contributed by atoms with Crippen LogP contribution in [0.3, 0.4) is 0 Å². The van der Waals surface area contributed by atoms with Crippen LogP contribution < -0.4 is 4.74 Å². The summed E-state index contributed by atoms with van der Waals surface area (Å²) in [5.74, 6) is 1.58. The Bertz CT molecular complexity index is 1280. The zero-order valence-corrected chi connectivity index (χ0v) is 16.6. The molecule has 0 amide bonds. The van der Waals surface area contributed by atoms with E-state index in [1.165, 1.54) is 11.3 Å². The van der Waals surface area contributed by atoms with Gasteiger partial charge in [-0.2, -0.15) is 9.61 Å². The van der Waals surface area contributed by atoms with Crippen LogP contribution in [0.4, 0.5) is 0 Å². The number of fused-ring (bicyclic) bond motifs is 1. The zero-order chi connectivity index (χ0) is 19.6. The van der Waals surface area contributed by atoms with Gasteiger partial charge in [-0.3, -0.25) is 0 Å². The van der Waals surface area contributed by atoms with Gasteiger partial charge in [0.05, 0.1) is 0 Å². The molecule has 0 aliphatic carbocycles. The van der Waals surface area contributed by atoms with Crippen molar-refractivity contribution in [3.8, 4) is 27.7 Å². The first kappa shape index (κ1) is 17.6. The van der Waals surface area contributed by atoms with E-state index in [1.54, 1.807) is 0 Å². The third-order valence-corrected chi connectivity index (χ3v) is 5.65. The molecule has 0 unspecified atom stereocenters. The molecule has 0 radical (unpaired) electrons. The standard InChI is InChI=1S/C23H18N4OS/c1-16-8-5-6-13-20(16)21-24-25-23-27(21)26-22(29-23)18-11-7-12-19(14-18)28-15-17-9-3-2-4-10-17/h2-14H,15H2,1H3. The number of nitrogens with zero attached hydrogens (tertiary/aromatic N) is 4. The molecule has 0 saturated heterocycles. The van der Waals surface area contributed by atoms with E-state index in [1.807, 2.05) is 65.2 Å². The first-order chi connectivity index (χ1) is 14.3. The summed E-state index contributed by atoms with van der Waals surface area (Å²) in [6, 6.07) is 26.3. The van der Waals surface area contributed by atoms with Gasteiger partial charge in [0.1, 0.15) is 17.4 Å². The molecule has 0 spiro atoms. The monoisotopic (exact) mass is 398 g/mol. The van der Waals surface area contributed by atoms with Crippen molar-refractivity contribution in [1.82, 2.24) is 19.8 Å². The highest BCUT2D eigenvalue weighted by atomic mass is 32.1. The van der Waals surface area contributed by atoms with Crippen LogP contribution in [-0.4, -0.2) is 19.8 Å². The lowest BCUT2D eigenvalue weighted by molar-refractivity contribution is 0.306. The van der Waals surface area contributed by atoms with Gasteiger partial charge in [-0.15, -0.1) is 10.2 Å². The maximum atomic E-state index is 5.96. The van der Waals surface area contributed by atoms with Crippen molar-refractivity contribution in [3.63, 3.8) is 0 Å². The van der Waals surface area contributed by atoms with E-state index in [4.69, 9.17) is 9.84 Å². The first-order valence-corrected chi connectivity index (χ1v) is 10.1. The molecule has 0 saturated carbocycles. The van der Waals surface area contributed by atoms with Crippen molar-refractivity contribution in [2.24, 2.45) is 0 Å². The summed E-state index contributed by atoms with van der Waals surface area (Å²) in [6.07, 6.45) is 0. The van der Waals surface area contributed by atoms with Crippen LogP contribution in [0.15, 0.2) is 78.9 Å². The third-order valence-electron chi connectivity index (χ3n) is 4.71. The fourth-order valence-corrected chi connectivity index (χ4v) is 4.02.